The van der Waals surface area contributed by atoms with Crippen molar-refractivity contribution in [2.24, 2.45) is 5.73 Å². The van der Waals surface area contributed by atoms with Crippen molar-refractivity contribution in [3.05, 3.63) is 62.8 Å². The zero-order chi connectivity index (χ0) is 13.8. The Hall–Kier alpha value is -1.10. The third-order valence-corrected chi connectivity index (χ3v) is 3.48. The molecule has 0 aromatic heterocycles. The van der Waals surface area contributed by atoms with Crippen molar-refractivity contribution in [3.8, 4) is 5.75 Å². The third-order valence-electron chi connectivity index (χ3n) is 2.63. The van der Waals surface area contributed by atoms with Gasteiger partial charge < -0.3 is 10.5 Å². The van der Waals surface area contributed by atoms with Crippen molar-refractivity contribution in [1.82, 2.24) is 0 Å². The van der Waals surface area contributed by atoms with Gasteiger partial charge in [-0.15, -0.1) is 0 Å². The first kappa shape index (κ1) is 14.3. The van der Waals surface area contributed by atoms with E-state index >= 15 is 0 Å². The molecule has 2 nitrogen and oxygen atoms in total. The number of ether oxygens (including phenoxy) is 1. The number of halogens is 3. The summed E-state index contributed by atoms with van der Waals surface area (Å²) in [6.07, 6.45) is 0. The zero-order valence-electron chi connectivity index (χ0n) is 10.00. The van der Waals surface area contributed by atoms with Gasteiger partial charge in [0.2, 0.25) is 0 Å². The Labute approximate surface area is 124 Å². The molecule has 0 saturated carbocycles. The smallest absolute Gasteiger partial charge is 0.166 e. The molecule has 2 aromatic carbocycles. The number of nitrogens with two attached hydrogens (primary N) is 1. The monoisotopic (exact) mass is 343 g/mol. The second kappa shape index (κ2) is 6.37. The van der Waals surface area contributed by atoms with Gasteiger partial charge in [0.25, 0.3) is 0 Å². The predicted octanol–water partition coefficient (Wildman–Crippen LogP) is 4.28. The lowest BCUT2D eigenvalue weighted by molar-refractivity contribution is 0.290. The van der Waals surface area contributed by atoms with Gasteiger partial charge in [-0.2, -0.15) is 0 Å². The minimum Gasteiger partial charge on any atom is -0.486 e. The van der Waals surface area contributed by atoms with E-state index < -0.39 is 5.82 Å². The second-order valence-corrected chi connectivity index (χ2v) is 5.32. The van der Waals surface area contributed by atoms with Crippen LogP contribution in [0.25, 0.3) is 0 Å². The normalized spacial score (nSPS) is 10.5. The van der Waals surface area contributed by atoms with Crippen LogP contribution in [0.4, 0.5) is 4.39 Å². The molecule has 0 aliphatic heterocycles. The molecule has 2 aromatic rings. The molecular weight excluding hydrogens is 333 g/mol. The number of benzene rings is 2. The van der Waals surface area contributed by atoms with Crippen LogP contribution in [0, 0.1) is 5.82 Å². The summed E-state index contributed by atoms with van der Waals surface area (Å²) in [4.78, 5) is 0. The van der Waals surface area contributed by atoms with Gasteiger partial charge in [0.15, 0.2) is 11.6 Å². The Kier molecular flexibility index (Phi) is 4.80. The Balaban J connectivity index is 2.10. The van der Waals surface area contributed by atoms with E-state index in [2.05, 4.69) is 15.9 Å². The maximum absolute atomic E-state index is 13.6. The van der Waals surface area contributed by atoms with Crippen LogP contribution in [-0.2, 0) is 13.2 Å². The van der Waals surface area contributed by atoms with E-state index in [4.69, 9.17) is 22.1 Å². The molecule has 0 atom stereocenters. The van der Waals surface area contributed by atoms with Gasteiger partial charge in [0, 0.05) is 21.6 Å². The van der Waals surface area contributed by atoms with Crippen LogP contribution < -0.4 is 10.5 Å². The van der Waals surface area contributed by atoms with Gasteiger partial charge in [-0.25, -0.2) is 4.39 Å². The lowest BCUT2D eigenvalue weighted by atomic mass is 10.1. The first-order valence-electron chi connectivity index (χ1n) is 5.65. The van der Waals surface area contributed by atoms with E-state index in [1.807, 2.05) is 12.1 Å². The molecule has 2 rings (SSSR count). The minimum absolute atomic E-state index is 0.196. The van der Waals surface area contributed by atoms with Crippen molar-refractivity contribution >= 4 is 27.5 Å². The number of rotatable bonds is 4. The highest BCUT2D eigenvalue weighted by Gasteiger charge is 2.06. The average molecular weight is 345 g/mol. The lowest BCUT2D eigenvalue weighted by Gasteiger charge is -2.09. The van der Waals surface area contributed by atoms with Gasteiger partial charge >= 0.3 is 0 Å². The van der Waals surface area contributed by atoms with Crippen LogP contribution in [0.3, 0.4) is 0 Å². The Morgan fingerprint density at radius 3 is 2.63 bits per heavy atom. The van der Waals surface area contributed by atoms with E-state index in [-0.39, 0.29) is 12.4 Å². The molecule has 0 fully saturated rings. The summed E-state index contributed by atoms with van der Waals surface area (Å²) >= 11 is 9.29. The summed E-state index contributed by atoms with van der Waals surface area (Å²) in [5.41, 5.74) is 7.26. The van der Waals surface area contributed by atoms with E-state index in [0.29, 0.717) is 16.0 Å². The molecule has 2 N–H and O–H groups in total. The largest absolute Gasteiger partial charge is 0.486 e. The predicted molar refractivity (Wildman–Crippen MR) is 77.8 cm³/mol. The van der Waals surface area contributed by atoms with Crippen molar-refractivity contribution in [2.75, 3.05) is 0 Å². The molecule has 100 valence electrons. The maximum atomic E-state index is 13.6. The van der Waals surface area contributed by atoms with Gasteiger partial charge in [0.05, 0.1) is 0 Å². The highest BCUT2D eigenvalue weighted by molar-refractivity contribution is 9.10. The maximum Gasteiger partial charge on any atom is 0.166 e. The average Bonchev–Trinajstić information content (AvgIpc) is 2.39. The summed E-state index contributed by atoms with van der Waals surface area (Å²) in [5.74, 6) is -0.216. The molecule has 0 radical (unpaired) electrons. The standard InChI is InChI=1S/C14H12BrClFNO/c15-11-3-4-14(13(17)6-11)19-8-10-2-1-9(7-18)5-12(10)16/h1-6H,7-8,18H2. The number of hydrogen-bond donors (Lipinski definition) is 1. The summed E-state index contributed by atoms with van der Waals surface area (Å²) < 4.78 is 19.7. The molecule has 0 bridgehead atoms. The number of hydrogen-bond acceptors (Lipinski definition) is 2. The van der Waals surface area contributed by atoms with E-state index in [9.17, 15) is 4.39 Å². The summed E-state index contributed by atoms with van der Waals surface area (Å²) in [7, 11) is 0. The molecule has 0 aliphatic rings. The highest BCUT2D eigenvalue weighted by atomic mass is 79.9. The van der Waals surface area contributed by atoms with Gasteiger partial charge in [0.1, 0.15) is 6.61 Å². The summed E-state index contributed by atoms with van der Waals surface area (Å²) in [5, 5.41) is 0.570. The van der Waals surface area contributed by atoms with Crippen LogP contribution in [0.2, 0.25) is 5.02 Å². The van der Waals surface area contributed by atoms with Gasteiger partial charge in [-0.05, 0) is 29.8 Å². The third kappa shape index (κ3) is 3.69. The second-order valence-electron chi connectivity index (χ2n) is 3.99. The topological polar surface area (TPSA) is 35.2 Å². The first-order chi connectivity index (χ1) is 9.10. The van der Waals surface area contributed by atoms with Crippen molar-refractivity contribution in [3.63, 3.8) is 0 Å². The van der Waals surface area contributed by atoms with Crippen LogP contribution >= 0.6 is 27.5 Å². The summed E-state index contributed by atoms with van der Waals surface area (Å²) in [6.45, 7) is 0.643. The molecule has 0 saturated heterocycles. The minimum atomic E-state index is -0.413. The Morgan fingerprint density at radius 2 is 2.00 bits per heavy atom. The van der Waals surface area contributed by atoms with Crippen LogP contribution in [0.5, 0.6) is 5.75 Å². The lowest BCUT2D eigenvalue weighted by Crippen LogP contribution is -2.00. The molecule has 0 amide bonds. The Bertz CT molecular complexity index is 592. The van der Waals surface area contributed by atoms with E-state index in [1.165, 1.54) is 6.07 Å². The van der Waals surface area contributed by atoms with Gasteiger partial charge in [-0.1, -0.05) is 39.7 Å². The highest BCUT2D eigenvalue weighted by Crippen LogP contribution is 2.24. The quantitative estimate of drug-likeness (QED) is 0.898. The molecule has 5 heteroatoms. The van der Waals surface area contributed by atoms with Crippen LogP contribution in [0.15, 0.2) is 40.9 Å². The van der Waals surface area contributed by atoms with Crippen LogP contribution in [0.1, 0.15) is 11.1 Å². The fourth-order valence-electron chi connectivity index (χ4n) is 1.58. The molecular formula is C14H12BrClFNO. The van der Waals surface area contributed by atoms with Crippen molar-refractivity contribution in [2.45, 2.75) is 13.2 Å². The van der Waals surface area contributed by atoms with Crippen LogP contribution in [-0.4, -0.2) is 0 Å². The van der Waals surface area contributed by atoms with Crippen molar-refractivity contribution in [1.29, 1.82) is 0 Å². The molecule has 0 aliphatic carbocycles. The SMILES string of the molecule is NCc1ccc(COc2ccc(Br)cc2F)c(Cl)c1. The van der Waals surface area contributed by atoms with E-state index in [1.54, 1.807) is 18.2 Å². The first-order valence-corrected chi connectivity index (χ1v) is 6.82. The molecule has 0 spiro atoms. The molecule has 0 unspecified atom stereocenters. The fraction of sp³-hybridized carbons (Fsp3) is 0.143. The Morgan fingerprint density at radius 1 is 1.21 bits per heavy atom. The van der Waals surface area contributed by atoms with E-state index in [0.717, 1.165) is 11.1 Å². The van der Waals surface area contributed by atoms with Crippen molar-refractivity contribution < 1.29 is 9.13 Å². The zero-order valence-corrected chi connectivity index (χ0v) is 12.3. The summed E-state index contributed by atoms with van der Waals surface area (Å²) in [6, 6.07) is 10.1. The molecule has 0 heterocycles. The fourth-order valence-corrected chi connectivity index (χ4v) is 2.17. The van der Waals surface area contributed by atoms with Gasteiger partial charge in [-0.3, -0.25) is 0 Å². The molecule has 19 heavy (non-hydrogen) atoms.